The van der Waals surface area contributed by atoms with Gasteiger partial charge in [0, 0.05) is 12.6 Å². The molecule has 2 nitrogen and oxygen atoms in total. The molecule has 0 aliphatic heterocycles. The van der Waals surface area contributed by atoms with Crippen molar-refractivity contribution in [2.75, 3.05) is 6.61 Å². The zero-order valence-electron chi connectivity index (χ0n) is 6.92. The number of aliphatic hydroxyl groups excluding tert-OH is 1. The van der Waals surface area contributed by atoms with Crippen LogP contribution in [0.5, 0.6) is 0 Å². The van der Waals surface area contributed by atoms with Crippen molar-refractivity contribution in [2.45, 2.75) is 38.1 Å². The van der Waals surface area contributed by atoms with Crippen LogP contribution in [0.3, 0.4) is 0 Å². The Labute approximate surface area is 67.8 Å². The third-order valence-electron chi connectivity index (χ3n) is 3.66. The van der Waals surface area contributed by atoms with Gasteiger partial charge in [-0.25, -0.2) is 0 Å². The summed E-state index contributed by atoms with van der Waals surface area (Å²) in [6, 6.07) is 0.368. The van der Waals surface area contributed by atoms with Gasteiger partial charge in [0.2, 0.25) is 0 Å². The van der Waals surface area contributed by atoms with Gasteiger partial charge in [-0.05, 0) is 37.0 Å². The summed E-state index contributed by atoms with van der Waals surface area (Å²) in [6.07, 6.45) is 6.03. The summed E-state index contributed by atoms with van der Waals surface area (Å²) in [5.74, 6) is 0.738. The largest absolute Gasteiger partial charge is 0.396 e. The van der Waals surface area contributed by atoms with E-state index >= 15 is 0 Å². The molecule has 0 aromatic rings. The van der Waals surface area contributed by atoms with Crippen molar-refractivity contribution < 1.29 is 5.11 Å². The topological polar surface area (TPSA) is 46.2 Å². The van der Waals surface area contributed by atoms with Gasteiger partial charge in [-0.2, -0.15) is 0 Å². The van der Waals surface area contributed by atoms with Crippen molar-refractivity contribution in [3.63, 3.8) is 0 Å². The Balaban J connectivity index is 2.15. The second-order valence-electron chi connectivity index (χ2n) is 4.31. The van der Waals surface area contributed by atoms with E-state index in [1.165, 1.54) is 19.3 Å². The third-order valence-corrected chi connectivity index (χ3v) is 3.66. The van der Waals surface area contributed by atoms with Crippen molar-refractivity contribution in [3.05, 3.63) is 0 Å². The van der Waals surface area contributed by atoms with Crippen LogP contribution in [0.15, 0.2) is 0 Å². The van der Waals surface area contributed by atoms with E-state index < -0.39 is 0 Å². The first-order chi connectivity index (χ1) is 5.27. The molecule has 0 bridgehead atoms. The maximum atomic E-state index is 9.29. The van der Waals surface area contributed by atoms with Gasteiger partial charge < -0.3 is 10.8 Å². The fourth-order valence-corrected chi connectivity index (χ4v) is 3.09. The number of hydrogen-bond acceptors (Lipinski definition) is 2. The Morgan fingerprint density at radius 3 is 3.00 bits per heavy atom. The normalized spacial score (nSPS) is 49.6. The monoisotopic (exact) mass is 155 g/mol. The molecule has 0 radical (unpaired) electrons. The summed E-state index contributed by atoms with van der Waals surface area (Å²) < 4.78 is 0. The fraction of sp³-hybridized carbons (Fsp3) is 1.00. The minimum atomic E-state index is 0.249. The molecule has 2 rings (SSSR count). The lowest BCUT2D eigenvalue weighted by Crippen LogP contribution is -2.26. The molecule has 0 saturated heterocycles. The van der Waals surface area contributed by atoms with Gasteiger partial charge in [-0.3, -0.25) is 0 Å². The minimum absolute atomic E-state index is 0.249. The average molecular weight is 155 g/mol. The zero-order chi connectivity index (χ0) is 7.90. The molecule has 11 heavy (non-hydrogen) atoms. The van der Waals surface area contributed by atoms with E-state index in [0.29, 0.717) is 12.6 Å². The van der Waals surface area contributed by atoms with Crippen LogP contribution in [-0.4, -0.2) is 17.8 Å². The molecule has 3 N–H and O–H groups in total. The van der Waals surface area contributed by atoms with Gasteiger partial charge in [0.25, 0.3) is 0 Å². The van der Waals surface area contributed by atoms with Crippen LogP contribution in [0.2, 0.25) is 0 Å². The van der Waals surface area contributed by atoms with Gasteiger partial charge >= 0.3 is 0 Å². The van der Waals surface area contributed by atoms with E-state index in [2.05, 4.69) is 0 Å². The molecule has 0 aromatic carbocycles. The van der Waals surface area contributed by atoms with E-state index in [4.69, 9.17) is 5.73 Å². The molecule has 0 spiro atoms. The van der Waals surface area contributed by atoms with Crippen LogP contribution in [0.25, 0.3) is 0 Å². The van der Waals surface area contributed by atoms with Gasteiger partial charge in [0.1, 0.15) is 0 Å². The molecule has 2 aliphatic rings. The summed E-state index contributed by atoms with van der Waals surface area (Å²) in [4.78, 5) is 0. The van der Waals surface area contributed by atoms with Gasteiger partial charge in [-0.1, -0.05) is 6.42 Å². The van der Waals surface area contributed by atoms with Crippen molar-refractivity contribution in [1.29, 1.82) is 0 Å². The Morgan fingerprint density at radius 1 is 1.55 bits per heavy atom. The smallest absolute Gasteiger partial charge is 0.0490 e. The SMILES string of the molecule is NC1CC2CCCC2(CO)C1. The van der Waals surface area contributed by atoms with E-state index in [1.807, 2.05) is 0 Å². The lowest BCUT2D eigenvalue weighted by Gasteiger charge is -2.26. The molecule has 2 aliphatic carbocycles. The Bertz CT molecular complexity index is 160. The quantitative estimate of drug-likeness (QED) is 0.590. The average Bonchev–Trinajstić information content (AvgIpc) is 2.43. The van der Waals surface area contributed by atoms with E-state index in [9.17, 15) is 5.11 Å². The van der Waals surface area contributed by atoms with Gasteiger partial charge in [0.05, 0.1) is 0 Å². The van der Waals surface area contributed by atoms with Crippen LogP contribution in [0.1, 0.15) is 32.1 Å². The van der Waals surface area contributed by atoms with Crippen molar-refractivity contribution in [2.24, 2.45) is 17.1 Å². The summed E-state index contributed by atoms with van der Waals surface area (Å²) >= 11 is 0. The molecule has 64 valence electrons. The maximum absolute atomic E-state index is 9.29. The first kappa shape index (κ1) is 7.56. The summed E-state index contributed by atoms with van der Waals surface area (Å²) in [5.41, 5.74) is 6.12. The number of aliphatic hydroxyl groups is 1. The molecule has 2 fully saturated rings. The highest BCUT2D eigenvalue weighted by Gasteiger charge is 2.48. The van der Waals surface area contributed by atoms with Crippen molar-refractivity contribution >= 4 is 0 Å². The van der Waals surface area contributed by atoms with Crippen LogP contribution >= 0.6 is 0 Å². The van der Waals surface area contributed by atoms with Gasteiger partial charge in [0.15, 0.2) is 0 Å². The van der Waals surface area contributed by atoms with Crippen LogP contribution in [0.4, 0.5) is 0 Å². The fourth-order valence-electron chi connectivity index (χ4n) is 3.09. The molecule has 2 heteroatoms. The Kier molecular flexibility index (Phi) is 1.69. The number of fused-ring (bicyclic) bond motifs is 1. The van der Waals surface area contributed by atoms with Crippen LogP contribution in [0, 0.1) is 11.3 Å². The predicted molar refractivity (Wildman–Crippen MR) is 44.1 cm³/mol. The summed E-state index contributed by atoms with van der Waals surface area (Å²) in [6.45, 7) is 0.366. The second kappa shape index (κ2) is 2.46. The Morgan fingerprint density at radius 2 is 2.36 bits per heavy atom. The van der Waals surface area contributed by atoms with Crippen molar-refractivity contribution in [1.82, 2.24) is 0 Å². The highest BCUT2D eigenvalue weighted by atomic mass is 16.3. The molecule has 0 heterocycles. The Hall–Kier alpha value is -0.0800. The molecular formula is C9H17NO. The third kappa shape index (κ3) is 1.00. The van der Waals surface area contributed by atoms with Crippen LogP contribution in [-0.2, 0) is 0 Å². The second-order valence-corrected chi connectivity index (χ2v) is 4.31. The standard InChI is InChI=1S/C9H17NO/c10-8-4-7-2-1-3-9(7,5-8)6-11/h7-8,11H,1-6,10H2. The lowest BCUT2D eigenvalue weighted by molar-refractivity contribution is 0.105. The maximum Gasteiger partial charge on any atom is 0.0490 e. The van der Waals surface area contributed by atoms with Gasteiger partial charge in [-0.15, -0.1) is 0 Å². The molecule has 3 atom stereocenters. The number of rotatable bonds is 1. The van der Waals surface area contributed by atoms with E-state index in [-0.39, 0.29) is 5.41 Å². The molecule has 2 saturated carbocycles. The predicted octanol–water partition coefficient (Wildman–Crippen LogP) is 0.886. The molecule has 0 amide bonds. The summed E-state index contributed by atoms with van der Waals surface area (Å²) in [7, 11) is 0. The molecule has 0 aromatic heterocycles. The number of nitrogens with two attached hydrogens (primary N) is 1. The first-order valence-corrected chi connectivity index (χ1v) is 4.63. The highest BCUT2D eigenvalue weighted by molar-refractivity contribution is 5.00. The molecule has 3 unspecified atom stereocenters. The van der Waals surface area contributed by atoms with Crippen LogP contribution < -0.4 is 5.73 Å². The minimum Gasteiger partial charge on any atom is -0.396 e. The van der Waals surface area contributed by atoms with E-state index in [0.717, 1.165) is 18.8 Å². The zero-order valence-corrected chi connectivity index (χ0v) is 6.92. The summed E-state index contributed by atoms with van der Waals surface area (Å²) in [5, 5.41) is 9.29. The first-order valence-electron chi connectivity index (χ1n) is 4.63. The van der Waals surface area contributed by atoms with E-state index in [1.54, 1.807) is 0 Å². The highest BCUT2D eigenvalue weighted by Crippen LogP contribution is 2.53. The van der Waals surface area contributed by atoms with Crippen molar-refractivity contribution in [3.8, 4) is 0 Å². The molecular weight excluding hydrogens is 138 g/mol. The number of hydrogen-bond donors (Lipinski definition) is 2. The lowest BCUT2D eigenvalue weighted by atomic mass is 9.81.